The van der Waals surface area contributed by atoms with Gasteiger partial charge < -0.3 is 14.8 Å². The molecule has 4 heteroatoms. The number of methoxy groups -OCH3 is 1. The van der Waals surface area contributed by atoms with Gasteiger partial charge in [0.15, 0.2) is 0 Å². The Morgan fingerprint density at radius 1 is 1.40 bits per heavy atom. The molecule has 1 N–H and O–H groups in total. The van der Waals surface area contributed by atoms with Crippen LogP contribution in [0, 0.1) is 0 Å². The number of esters is 1. The van der Waals surface area contributed by atoms with Gasteiger partial charge in [-0.25, -0.2) is 0 Å². The fraction of sp³-hybridized carbons (Fsp3) is 0.562. The Hall–Kier alpha value is -1.55. The summed E-state index contributed by atoms with van der Waals surface area (Å²) < 4.78 is 10.9. The maximum atomic E-state index is 12.1. The molecule has 0 aromatic heterocycles. The Morgan fingerprint density at radius 2 is 2.15 bits per heavy atom. The summed E-state index contributed by atoms with van der Waals surface area (Å²) in [5.74, 6) is 0.679. The average molecular weight is 277 g/mol. The van der Waals surface area contributed by atoms with E-state index in [0.717, 1.165) is 31.6 Å². The zero-order valence-electron chi connectivity index (χ0n) is 12.2. The van der Waals surface area contributed by atoms with Crippen molar-refractivity contribution in [3.05, 3.63) is 30.3 Å². The molecule has 0 aliphatic heterocycles. The average Bonchev–Trinajstić information content (AvgIpc) is 2.90. The van der Waals surface area contributed by atoms with Gasteiger partial charge in [0.25, 0.3) is 0 Å². The van der Waals surface area contributed by atoms with Gasteiger partial charge in [0.05, 0.1) is 7.11 Å². The standard InChI is InChI=1S/C16H23NO3/c1-3-11-17-16(15(18)19-2)10-9-14(12-16)20-13-7-5-4-6-8-13/h4-8,14,17H,3,9-12H2,1-2H3. The van der Waals surface area contributed by atoms with Crippen molar-refractivity contribution < 1.29 is 14.3 Å². The van der Waals surface area contributed by atoms with E-state index in [1.54, 1.807) is 0 Å². The zero-order valence-corrected chi connectivity index (χ0v) is 12.2. The third-order valence-corrected chi connectivity index (χ3v) is 3.80. The van der Waals surface area contributed by atoms with E-state index in [1.807, 2.05) is 30.3 Å². The second kappa shape index (κ2) is 6.75. The van der Waals surface area contributed by atoms with Crippen molar-refractivity contribution in [1.82, 2.24) is 5.32 Å². The topological polar surface area (TPSA) is 47.6 Å². The fourth-order valence-corrected chi connectivity index (χ4v) is 2.77. The molecule has 0 bridgehead atoms. The molecule has 0 spiro atoms. The summed E-state index contributed by atoms with van der Waals surface area (Å²) in [5, 5.41) is 3.36. The maximum absolute atomic E-state index is 12.1. The molecule has 1 aliphatic rings. The number of para-hydroxylation sites is 1. The van der Waals surface area contributed by atoms with Crippen LogP contribution in [0.25, 0.3) is 0 Å². The van der Waals surface area contributed by atoms with Gasteiger partial charge in [-0.05, 0) is 37.9 Å². The van der Waals surface area contributed by atoms with E-state index in [9.17, 15) is 4.79 Å². The lowest BCUT2D eigenvalue weighted by atomic mass is 9.97. The molecule has 0 amide bonds. The van der Waals surface area contributed by atoms with Crippen LogP contribution in [0.2, 0.25) is 0 Å². The van der Waals surface area contributed by atoms with E-state index in [2.05, 4.69) is 12.2 Å². The van der Waals surface area contributed by atoms with Crippen LogP contribution in [0.3, 0.4) is 0 Å². The van der Waals surface area contributed by atoms with E-state index >= 15 is 0 Å². The molecule has 0 saturated heterocycles. The zero-order chi connectivity index (χ0) is 14.4. The Kier molecular flexibility index (Phi) is 5.01. The Bertz CT molecular complexity index is 435. The Balaban J connectivity index is 2.01. The van der Waals surface area contributed by atoms with Crippen molar-refractivity contribution in [2.24, 2.45) is 0 Å². The van der Waals surface area contributed by atoms with E-state index in [1.165, 1.54) is 7.11 Å². The highest BCUT2D eigenvalue weighted by Crippen LogP contribution is 2.33. The molecular formula is C16H23NO3. The number of carbonyl (C=O) groups is 1. The molecule has 1 aromatic rings. The molecule has 1 aromatic carbocycles. The van der Waals surface area contributed by atoms with Crippen LogP contribution in [-0.2, 0) is 9.53 Å². The summed E-state index contributed by atoms with van der Waals surface area (Å²) in [6.07, 6.45) is 3.33. The number of benzene rings is 1. The molecule has 2 rings (SSSR count). The summed E-state index contributed by atoms with van der Waals surface area (Å²) in [6.45, 7) is 2.90. The van der Waals surface area contributed by atoms with E-state index in [4.69, 9.17) is 9.47 Å². The lowest BCUT2D eigenvalue weighted by Gasteiger charge is -2.27. The van der Waals surface area contributed by atoms with Gasteiger partial charge in [0, 0.05) is 6.42 Å². The van der Waals surface area contributed by atoms with E-state index in [0.29, 0.717) is 6.42 Å². The lowest BCUT2D eigenvalue weighted by Crippen LogP contribution is -2.51. The summed E-state index contributed by atoms with van der Waals surface area (Å²) in [6, 6.07) is 9.75. The second-order valence-electron chi connectivity index (χ2n) is 5.30. The van der Waals surface area contributed by atoms with Gasteiger partial charge in [-0.3, -0.25) is 4.79 Å². The molecule has 20 heavy (non-hydrogen) atoms. The van der Waals surface area contributed by atoms with Crippen LogP contribution in [0.5, 0.6) is 5.75 Å². The molecule has 2 atom stereocenters. The van der Waals surface area contributed by atoms with Crippen LogP contribution in [0.1, 0.15) is 32.6 Å². The molecule has 1 saturated carbocycles. The maximum Gasteiger partial charge on any atom is 0.326 e. The molecule has 2 unspecified atom stereocenters. The second-order valence-corrected chi connectivity index (χ2v) is 5.30. The minimum atomic E-state index is -0.579. The lowest BCUT2D eigenvalue weighted by molar-refractivity contribution is -0.148. The van der Waals surface area contributed by atoms with Gasteiger partial charge in [-0.2, -0.15) is 0 Å². The normalized spacial score (nSPS) is 25.4. The first-order valence-electron chi connectivity index (χ1n) is 7.25. The number of carbonyl (C=O) groups excluding carboxylic acids is 1. The number of hydrogen-bond acceptors (Lipinski definition) is 4. The minimum Gasteiger partial charge on any atom is -0.490 e. The van der Waals surface area contributed by atoms with Gasteiger partial charge in [0.2, 0.25) is 0 Å². The van der Waals surface area contributed by atoms with Crippen molar-refractivity contribution in [2.45, 2.75) is 44.2 Å². The third kappa shape index (κ3) is 3.31. The van der Waals surface area contributed by atoms with Crippen LogP contribution in [0.4, 0.5) is 0 Å². The van der Waals surface area contributed by atoms with Crippen molar-refractivity contribution in [1.29, 1.82) is 0 Å². The van der Waals surface area contributed by atoms with Crippen LogP contribution in [0.15, 0.2) is 30.3 Å². The van der Waals surface area contributed by atoms with Crippen molar-refractivity contribution in [2.75, 3.05) is 13.7 Å². The molecule has 0 heterocycles. The highest BCUT2D eigenvalue weighted by atomic mass is 16.5. The van der Waals surface area contributed by atoms with E-state index < -0.39 is 5.54 Å². The SMILES string of the molecule is CCCNC1(C(=O)OC)CCC(Oc2ccccc2)C1. The molecule has 110 valence electrons. The van der Waals surface area contributed by atoms with Gasteiger partial charge >= 0.3 is 5.97 Å². The first-order chi connectivity index (χ1) is 9.70. The van der Waals surface area contributed by atoms with Crippen LogP contribution in [-0.4, -0.2) is 31.3 Å². The molecule has 1 fully saturated rings. The number of rotatable bonds is 6. The fourth-order valence-electron chi connectivity index (χ4n) is 2.77. The largest absolute Gasteiger partial charge is 0.490 e. The number of nitrogens with one attached hydrogen (secondary N) is 1. The van der Waals surface area contributed by atoms with Crippen molar-refractivity contribution >= 4 is 5.97 Å². The van der Waals surface area contributed by atoms with Crippen LogP contribution < -0.4 is 10.1 Å². The highest BCUT2D eigenvalue weighted by Gasteiger charge is 2.46. The van der Waals surface area contributed by atoms with Crippen molar-refractivity contribution in [3.8, 4) is 5.75 Å². The predicted octanol–water partition coefficient (Wildman–Crippen LogP) is 2.53. The van der Waals surface area contributed by atoms with Crippen LogP contribution >= 0.6 is 0 Å². The first-order valence-corrected chi connectivity index (χ1v) is 7.25. The third-order valence-electron chi connectivity index (χ3n) is 3.80. The summed E-state index contributed by atoms with van der Waals surface area (Å²) in [5.41, 5.74) is -0.579. The van der Waals surface area contributed by atoms with Gasteiger partial charge in [-0.1, -0.05) is 25.1 Å². The monoisotopic (exact) mass is 277 g/mol. The highest BCUT2D eigenvalue weighted by molar-refractivity contribution is 5.81. The predicted molar refractivity (Wildman–Crippen MR) is 77.7 cm³/mol. The molecule has 1 aliphatic carbocycles. The first kappa shape index (κ1) is 14.9. The van der Waals surface area contributed by atoms with Gasteiger partial charge in [-0.15, -0.1) is 0 Å². The summed E-state index contributed by atoms with van der Waals surface area (Å²) in [7, 11) is 1.45. The molecule has 4 nitrogen and oxygen atoms in total. The quantitative estimate of drug-likeness (QED) is 0.812. The number of ether oxygens (including phenoxy) is 2. The Labute approximate surface area is 120 Å². The molecular weight excluding hydrogens is 254 g/mol. The smallest absolute Gasteiger partial charge is 0.326 e. The van der Waals surface area contributed by atoms with E-state index in [-0.39, 0.29) is 12.1 Å². The van der Waals surface area contributed by atoms with Gasteiger partial charge in [0.1, 0.15) is 17.4 Å². The summed E-state index contributed by atoms with van der Waals surface area (Å²) in [4.78, 5) is 12.1. The summed E-state index contributed by atoms with van der Waals surface area (Å²) >= 11 is 0. The molecule has 0 radical (unpaired) electrons. The number of hydrogen-bond donors (Lipinski definition) is 1. The van der Waals surface area contributed by atoms with Crippen molar-refractivity contribution in [3.63, 3.8) is 0 Å². The Morgan fingerprint density at radius 3 is 2.80 bits per heavy atom. The minimum absolute atomic E-state index is 0.0563.